The average molecular weight is 355 g/mol. The number of hydrogen-bond acceptors (Lipinski definition) is 4. The van der Waals surface area contributed by atoms with Crippen LogP contribution in [0, 0.1) is 0 Å². The molecule has 1 aromatic rings. The Kier molecular flexibility index (Phi) is 6.20. The number of fused-ring (bicyclic) bond motifs is 1. The summed E-state index contributed by atoms with van der Waals surface area (Å²) in [7, 11) is -3.62. The fraction of sp³-hybridized carbons (Fsp3) is 0.562. The zero-order chi connectivity index (χ0) is 17.7. The van der Waals surface area contributed by atoms with Crippen LogP contribution >= 0.6 is 0 Å². The van der Waals surface area contributed by atoms with Gasteiger partial charge in [-0.2, -0.15) is 0 Å². The smallest absolute Gasteiger partial charge is 0.317 e. The average Bonchev–Trinajstić information content (AvgIpc) is 2.53. The molecule has 2 rings (SSSR count). The van der Waals surface area contributed by atoms with Crippen LogP contribution in [0.5, 0.6) is 0 Å². The summed E-state index contributed by atoms with van der Waals surface area (Å²) in [5.74, 6) is 0. The summed E-state index contributed by atoms with van der Waals surface area (Å²) in [4.78, 5) is 13.8. The Morgan fingerprint density at radius 2 is 2.12 bits per heavy atom. The number of aliphatic hydroxyl groups is 1. The van der Waals surface area contributed by atoms with Gasteiger partial charge in [0.2, 0.25) is 10.0 Å². The van der Waals surface area contributed by atoms with Crippen molar-refractivity contribution in [3.63, 3.8) is 0 Å². The van der Waals surface area contributed by atoms with Gasteiger partial charge in [-0.15, -0.1) is 0 Å². The number of sulfonamides is 1. The highest BCUT2D eigenvalue weighted by atomic mass is 32.2. The van der Waals surface area contributed by atoms with Crippen LogP contribution in [0.4, 0.5) is 4.79 Å². The first-order valence-electron chi connectivity index (χ1n) is 8.15. The van der Waals surface area contributed by atoms with E-state index in [0.717, 1.165) is 11.1 Å². The van der Waals surface area contributed by atoms with E-state index in [1.165, 1.54) is 0 Å². The third kappa shape index (κ3) is 4.68. The standard InChI is InChI=1S/C16H25N3O4S/c1-3-17-16(21)19-9-7-13-4-5-15(10-14(13)11-19)24(22,23)18-8-6-12(2)20/h4-5,10,12,18,20H,3,6-9,11H2,1-2H3,(H,17,21). The molecule has 24 heavy (non-hydrogen) atoms. The van der Waals surface area contributed by atoms with Crippen molar-refractivity contribution in [2.45, 2.75) is 44.2 Å². The monoisotopic (exact) mass is 355 g/mol. The summed E-state index contributed by atoms with van der Waals surface area (Å²) in [6.45, 7) is 5.24. The Bertz CT molecular complexity index is 689. The zero-order valence-corrected chi connectivity index (χ0v) is 14.9. The molecule has 1 aliphatic rings. The number of carbonyl (C=O) groups excluding carboxylic acids is 1. The molecule has 0 radical (unpaired) electrons. The molecule has 0 aromatic heterocycles. The van der Waals surface area contributed by atoms with Crippen molar-refractivity contribution in [2.24, 2.45) is 0 Å². The van der Waals surface area contributed by atoms with Crippen molar-refractivity contribution in [1.82, 2.24) is 14.9 Å². The van der Waals surface area contributed by atoms with Crippen LogP contribution in [0.2, 0.25) is 0 Å². The van der Waals surface area contributed by atoms with Crippen molar-refractivity contribution in [1.29, 1.82) is 0 Å². The highest BCUT2D eigenvalue weighted by molar-refractivity contribution is 7.89. The molecule has 0 aliphatic carbocycles. The van der Waals surface area contributed by atoms with Gasteiger partial charge < -0.3 is 15.3 Å². The van der Waals surface area contributed by atoms with E-state index in [1.54, 1.807) is 24.0 Å². The van der Waals surface area contributed by atoms with Gasteiger partial charge in [-0.3, -0.25) is 0 Å². The number of amides is 2. The largest absolute Gasteiger partial charge is 0.393 e. The Balaban J connectivity index is 2.13. The van der Waals surface area contributed by atoms with Gasteiger partial charge in [-0.1, -0.05) is 6.07 Å². The topological polar surface area (TPSA) is 98.7 Å². The lowest BCUT2D eigenvalue weighted by atomic mass is 10.0. The Morgan fingerprint density at radius 1 is 1.38 bits per heavy atom. The Labute approximate surface area is 143 Å². The maximum atomic E-state index is 12.3. The Morgan fingerprint density at radius 3 is 2.79 bits per heavy atom. The van der Waals surface area contributed by atoms with E-state index >= 15 is 0 Å². The van der Waals surface area contributed by atoms with E-state index in [0.29, 0.717) is 32.5 Å². The summed E-state index contributed by atoms with van der Waals surface area (Å²) in [6, 6.07) is 4.90. The number of carbonyl (C=O) groups is 1. The van der Waals surface area contributed by atoms with Crippen LogP contribution in [-0.2, 0) is 23.0 Å². The molecule has 1 aromatic carbocycles. The van der Waals surface area contributed by atoms with Crippen molar-refractivity contribution < 1.29 is 18.3 Å². The molecule has 1 unspecified atom stereocenters. The summed E-state index contributed by atoms with van der Waals surface area (Å²) in [6.07, 6.45) is 0.513. The molecule has 134 valence electrons. The molecular formula is C16H25N3O4S. The van der Waals surface area contributed by atoms with Gasteiger partial charge in [0.25, 0.3) is 0 Å². The van der Waals surface area contributed by atoms with Crippen LogP contribution in [0.15, 0.2) is 23.1 Å². The summed E-state index contributed by atoms with van der Waals surface area (Å²) in [5.41, 5.74) is 1.92. The number of nitrogens with zero attached hydrogens (tertiary/aromatic N) is 1. The molecule has 0 bridgehead atoms. The second-order valence-corrected chi connectivity index (χ2v) is 7.74. The Hall–Kier alpha value is -1.64. The van der Waals surface area contributed by atoms with E-state index in [2.05, 4.69) is 10.0 Å². The molecule has 3 N–H and O–H groups in total. The molecule has 1 aliphatic heterocycles. The van der Waals surface area contributed by atoms with Crippen molar-refractivity contribution in [2.75, 3.05) is 19.6 Å². The molecule has 0 saturated heterocycles. The van der Waals surface area contributed by atoms with E-state index in [1.807, 2.05) is 13.0 Å². The predicted octanol–water partition coefficient (Wildman–Crippen LogP) is 0.823. The summed E-state index contributed by atoms with van der Waals surface area (Å²) in [5, 5.41) is 12.0. The van der Waals surface area contributed by atoms with Gasteiger partial charge in [0.05, 0.1) is 11.0 Å². The van der Waals surface area contributed by atoms with E-state index in [9.17, 15) is 18.3 Å². The third-order valence-electron chi connectivity index (χ3n) is 3.97. The second-order valence-electron chi connectivity index (χ2n) is 5.97. The lowest BCUT2D eigenvalue weighted by molar-refractivity contribution is 0.186. The fourth-order valence-corrected chi connectivity index (χ4v) is 3.72. The van der Waals surface area contributed by atoms with Crippen LogP contribution < -0.4 is 10.0 Å². The minimum atomic E-state index is -3.62. The second kappa shape index (κ2) is 7.96. The first-order valence-corrected chi connectivity index (χ1v) is 9.64. The lowest BCUT2D eigenvalue weighted by Crippen LogP contribution is -2.42. The van der Waals surface area contributed by atoms with Gasteiger partial charge in [-0.25, -0.2) is 17.9 Å². The maximum Gasteiger partial charge on any atom is 0.317 e. The van der Waals surface area contributed by atoms with Gasteiger partial charge in [0.1, 0.15) is 0 Å². The molecule has 0 spiro atoms. The van der Waals surface area contributed by atoms with E-state index in [-0.39, 0.29) is 17.5 Å². The van der Waals surface area contributed by atoms with Crippen molar-refractivity contribution in [3.8, 4) is 0 Å². The van der Waals surface area contributed by atoms with Crippen LogP contribution in [0.1, 0.15) is 31.4 Å². The zero-order valence-electron chi connectivity index (χ0n) is 14.1. The normalized spacial score (nSPS) is 15.7. The maximum absolute atomic E-state index is 12.3. The number of urea groups is 1. The number of benzene rings is 1. The molecule has 0 saturated carbocycles. The van der Waals surface area contributed by atoms with Gasteiger partial charge in [0.15, 0.2) is 0 Å². The molecule has 8 heteroatoms. The highest BCUT2D eigenvalue weighted by Crippen LogP contribution is 2.22. The number of rotatable bonds is 6. The fourth-order valence-electron chi connectivity index (χ4n) is 2.62. The SMILES string of the molecule is CCNC(=O)N1CCc2ccc(S(=O)(=O)NCCC(C)O)cc2C1. The summed E-state index contributed by atoms with van der Waals surface area (Å²) >= 11 is 0. The molecular weight excluding hydrogens is 330 g/mol. The molecule has 1 heterocycles. The van der Waals surface area contributed by atoms with Gasteiger partial charge in [-0.05, 0) is 49.9 Å². The summed E-state index contributed by atoms with van der Waals surface area (Å²) < 4.78 is 27.2. The lowest BCUT2D eigenvalue weighted by Gasteiger charge is -2.29. The highest BCUT2D eigenvalue weighted by Gasteiger charge is 2.22. The van der Waals surface area contributed by atoms with Gasteiger partial charge >= 0.3 is 6.03 Å². The molecule has 2 amide bonds. The van der Waals surface area contributed by atoms with Crippen molar-refractivity contribution >= 4 is 16.1 Å². The number of hydrogen-bond donors (Lipinski definition) is 3. The van der Waals surface area contributed by atoms with E-state index < -0.39 is 16.1 Å². The predicted molar refractivity (Wildman–Crippen MR) is 91.1 cm³/mol. The third-order valence-corrected chi connectivity index (χ3v) is 5.43. The van der Waals surface area contributed by atoms with Crippen LogP contribution in [-0.4, -0.2) is 50.2 Å². The van der Waals surface area contributed by atoms with Crippen LogP contribution in [0.25, 0.3) is 0 Å². The molecule has 7 nitrogen and oxygen atoms in total. The minimum Gasteiger partial charge on any atom is -0.393 e. The first kappa shape index (κ1) is 18.7. The van der Waals surface area contributed by atoms with E-state index in [4.69, 9.17) is 0 Å². The minimum absolute atomic E-state index is 0.133. The number of aliphatic hydroxyl groups excluding tert-OH is 1. The molecule has 0 fully saturated rings. The van der Waals surface area contributed by atoms with Crippen LogP contribution in [0.3, 0.4) is 0 Å². The number of nitrogens with one attached hydrogen (secondary N) is 2. The van der Waals surface area contributed by atoms with Crippen molar-refractivity contribution in [3.05, 3.63) is 29.3 Å². The van der Waals surface area contributed by atoms with Gasteiger partial charge in [0, 0.05) is 26.2 Å². The quantitative estimate of drug-likeness (QED) is 0.704. The molecule has 1 atom stereocenters. The first-order chi connectivity index (χ1) is 11.3.